The SMILES string of the molecule is CC(=O)NC(CO)(CO)CCc1ccc(-c2cn(Cc3ccc(C(F)(F)F)cc3)nn2)cc1. The van der Waals surface area contributed by atoms with Gasteiger partial charge in [0.15, 0.2) is 0 Å². The van der Waals surface area contributed by atoms with Crippen molar-refractivity contribution in [1.29, 1.82) is 0 Å². The third-order valence-electron chi connectivity index (χ3n) is 5.35. The largest absolute Gasteiger partial charge is 0.416 e. The number of rotatable bonds is 9. The van der Waals surface area contributed by atoms with Gasteiger partial charge in [0.05, 0.1) is 37.1 Å². The summed E-state index contributed by atoms with van der Waals surface area (Å²) in [4.78, 5) is 11.4. The number of hydrogen-bond donors (Lipinski definition) is 3. The topological polar surface area (TPSA) is 100 Å². The molecule has 0 bridgehead atoms. The minimum atomic E-state index is -4.37. The second kappa shape index (κ2) is 10.1. The summed E-state index contributed by atoms with van der Waals surface area (Å²) < 4.78 is 39.6. The van der Waals surface area contributed by atoms with E-state index in [1.54, 1.807) is 10.9 Å². The zero-order chi connectivity index (χ0) is 24.1. The van der Waals surface area contributed by atoms with Gasteiger partial charge in [0, 0.05) is 12.5 Å². The summed E-state index contributed by atoms with van der Waals surface area (Å²) in [5.41, 5.74) is 1.28. The molecule has 10 heteroatoms. The predicted octanol–water partition coefficient (Wildman–Crippen LogP) is 2.80. The molecule has 0 fully saturated rings. The maximum absolute atomic E-state index is 12.7. The van der Waals surface area contributed by atoms with Crippen LogP contribution in [0.15, 0.2) is 54.7 Å². The molecule has 0 aliphatic carbocycles. The van der Waals surface area contributed by atoms with Gasteiger partial charge in [0.1, 0.15) is 5.69 Å². The number of nitrogens with zero attached hydrogens (tertiary/aromatic N) is 3. The summed E-state index contributed by atoms with van der Waals surface area (Å²) in [6.45, 7) is 0.878. The maximum Gasteiger partial charge on any atom is 0.416 e. The van der Waals surface area contributed by atoms with Gasteiger partial charge in [0.25, 0.3) is 0 Å². The van der Waals surface area contributed by atoms with Crippen molar-refractivity contribution in [3.05, 3.63) is 71.4 Å². The Morgan fingerprint density at radius 1 is 1.00 bits per heavy atom. The van der Waals surface area contributed by atoms with Crippen LogP contribution in [0, 0.1) is 0 Å². The van der Waals surface area contributed by atoms with E-state index in [0.717, 1.165) is 23.3 Å². The minimum absolute atomic E-state index is 0.288. The fraction of sp³-hybridized carbons (Fsp3) is 0.348. The molecule has 3 aromatic rings. The lowest BCUT2D eigenvalue weighted by Gasteiger charge is -2.30. The van der Waals surface area contributed by atoms with Crippen LogP contribution in [0.2, 0.25) is 0 Å². The Kier molecular flexibility index (Phi) is 7.50. The molecule has 3 rings (SSSR count). The average molecular weight is 462 g/mol. The van der Waals surface area contributed by atoms with Gasteiger partial charge < -0.3 is 15.5 Å². The third kappa shape index (κ3) is 6.39. The number of nitrogens with one attached hydrogen (secondary N) is 1. The van der Waals surface area contributed by atoms with Crippen molar-refractivity contribution in [1.82, 2.24) is 20.3 Å². The number of hydrogen-bond acceptors (Lipinski definition) is 5. The van der Waals surface area contributed by atoms with Crippen molar-refractivity contribution < 1.29 is 28.2 Å². The molecule has 33 heavy (non-hydrogen) atoms. The van der Waals surface area contributed by atoms with E-state index in [9.17, 15) is 28.2 Å². The van der Waals surface area contributed by atoms with Crippen molar-refractivity contribution in [2.24, 2.45) is 0 Å². The Balaban J connectivity index is 1.63. The summed E-state index contributed by atoms with van der Waals surface area (Å²) in [6.07, 6.45) is -1.76. The van der Waals surface area contributed by atoms with E-state index < -0.39 is 17.3 Å². The second-order valence-electron chi connectivity index (χ2n) is 7.97. The summed E-state index contributed by atoms with van der Waals surface area (Å²) >= 11 is 0. The van der Waals surface area contributed by atoms with Crippen molar-refractivity contribution in [3.63, 3.8) is 0 Å². The van der Waals surface area contributed by atoms with Crippen molar-refractivity contribution >= 4 is 5.91 Å². The molecule has 0 saturated carbocycles. The van der Waals surface area contributed by atoms with Crippen LogP contribution < -0.4 is 5.32 Å². The lowest BCUT2D eigenvalue weighted by molar-refractivity contribution is -0.137. The number of halogens is 3. The number of benzene rings is 2. The van der Waals surface area contributed by atoms with E-state index in [4.69, 9.17) is 0 Å². The Bertz CT molecular complexity index is 1060. The Morgan fingerprint density at radius 3 is 2.15 bits per heavy atom. The zero-order valence-corrected chi connectivity index (χ0v) is 18.0. The Morgan fingerprint density at radius 2 is 1.61 bits per heavy atom. The van der Waals surface area contributed by atoms with E-state index in [1.807, 2.05) is 24.3 Å². The fourth-order valence-electron chi connectivity index (χ4n) is 3.44. The number of aliphatic hydroxyl groups excluding tert-OH is 2. The van der Waals surface area contributed by atoms with E-state index in [-0.39, 0.29) is 25.7 Å². The molecule has 1 amide bonds. The van der Waals surface area contributed by atoms with Crippen molar-refractivity contribution in [2.45, 2.75) is 38.0 Å². The third-order valence-corrected chi connectivity index (χ3v) is 5.35. The van der Waals surface area contributed by atoms with E-state index in [1.165, 1.54) is 19.1 Å². The maximum atomic E-state index is 12.7. The van der Waals surface area contributed by atoms with Crippen LogP contribution in [0.5, 0.6) is 0 Å². The van der Waals surface area contributed by atoms with Gasteiger partial charge in [-0.15, -0.1) is 5.10 Å². The molecule has 7 nitrogen and oxygen atoms in total. The van der Waals surface area contributed by atoms with E-state index >= 15 is 0 Å². The highest BCUT2D eigenvalue weighted by molar-refractivity contribution is 5.73. The van der Waals surface area contributed by atoms with Gasteiger partial charge >= 0.3 is 6.18 Å². The van der Waals surface area contributed by atoms with Crippen LogP contribution in [-0.2, 0) is 23.9 Å². The van der Waals surface area contributed by atoms with Crippen molar-refractivity contribution in [2.75, 3.05) is 13.2 Å². The summed E-state index contributed by atoms with van der Waals surface area (Å²) in [5.74, 6) is -0.326. The Labute approximate surface area is 188 Å². The smallest absolute Gasteiger partial charge is 0.394 e. The molecular weight excluding hydrogens is 437 g/mol. The first-order valence-electron chi connectivity index (χ1n) is 10.3. The number of aromatic nitrogens is 3. The van der Waals surface area contributed by atoms with Crippen LogP contribution in [0.4, 0.5) is 13.2 Å². The zero-order valence-electron chi connectivity index (χ0n) is 18.0. The van der Waals surface area contributed by atoms with Gasteiger partial charge in [-0.1, -0.05) is 41.6 Å². The molecular formula is C23H25F3N4O3. The molecule has 0 atom stereocenters. The normalized spacial score (nSPS) is 12.1. The summed E-state index contributed by atoms with van der Waals surface area (Å²) in [6, 6.07) is 12.4. The number of aryl methyl sites for hydroxylation is 1. The number of aliphatic hydroxyl groups is 2. The highest BCUT2D eigenvalue weighted by atomic mass is 19.4. The predicted molar refractivity (Wildman–Crippen MR) is 115 cm³/mol. The molecule has 176 valence electrons. The molecule has 0 spiro atoms. The van der Waals surface area contributed by atoms with Gasteiger partial charge in [-0.05, 0) is 36.1 Å². The Hall–Kier alpha value is -3.24. The van der Waals surface area contributed by atoms with Crippen molar-refractivity contribution in [3.8, 4) is 11.3 Å². The van der Waals surface area contributed by atoms with Gasteiger partial charge in [-0.25, -0.2) is 4.68 Å². The highest BCUT2D eigenvalue weighted by Gasteiger charge is 2.30. The van der Waals surface area contributed by atoms with Crippen LogP contribution in [-0.4, -0.2) is 49.9 Å². The van der Waals surface area contributed by atoms with Crippen LogP contribution in [0.3, 0.4) is 0 Å². The monoisotopic (exact) mass is 462 g/mol. The van der Waals surface area contributed by atoms with Crippen LogP contribution in [0.1, 0.15) is 30.0 Å². The lowest BCUT2D eigenvalue weighted by atomic mass is 9.92. The standard InChI is InChI=1S/C23H25F3N4O3/c1-16(33)27-22(14-31,15-32)11-10-17-2-6-19(7-3-17)21-13-30(29-28-21)12-18-4-8-20(9-5-18)23(24,25)26/h2-9,13,31-32H,10-12,14-15H2,1H3,(H,27,33). The molecule has 0 radical (unpaired) electrons. The molecule has 1 heterocycles. The molecule has 2 aromatic carbocycles. The van der Waals surface area contributed by atoms with E-state index in [0.29, 0.717) is 24.1 Å². The molecule has 3 N–H and O–H groups in total. The van der Waals surface area contributed by atoms with Crippen LogP contribution in [0.25, 0.3) is 11.3 Å². The van der Waals surface area contributed by atoms with Gasteiger partial charge in [-0.2, -0.15) is 13.2 Å². The first-order valence-corrected chi connectivity index (χ1v) is 10.3. The summed E-state index contributed by atoms with van der Waals surface area (Å²) in [7, 11) is 0. The molecule has 0 aliphatic heterocycles. The fourth-order valence-corrected chi connectivity index (χ4v) is 3.44. The average Bonchev–Trinajstić information content (AvgIpc) is 3.25. The van der Waals surface area contributed by atoms with Crippen LogP contribution >= 0.6 is 0 Å². The quantitative estimate of drug-likeness (QED) is 0.454. The first kappa shape index (κ1) is 24.4. The first-order chi connectivity index (χ1) is 15.6. The molecule has 0 unspecified atom stereocenters. The number of carbonyl (C=O) groups is 1. The van der Waals surface area contributed by atoms with Gasteiger partial charge in [0.2, 0.25) is 5.91 Å². The number of amides is 1. The minimum Gasteiger partial charge on any atom is -0.394 e. The molecule has 1 aromatic heterocycles. The number of alkyl halides is 3. The molecule has 0 aliphatic rings. The molecule has 0 saturated heterocycles. The van der Waals surface area contributed by atoms with E-state index in [2.05, 4.69) is 15.6 Å². The number of carbonyl (C=O) groups excluding carboxylic acids is 1. The lowest BCUT2D eigenvalue weighted by Crippen LogP contribution is -2.53. The highest BCUT2D eigenvalue weighted by Crippen LogP contribution is 2.29. The second-order valence-corrected chi connectivity index (χ2v) is 7.97. The van der Waals surface area contributed by atoms with Gasteiger partial charge in [-0.3, -0.25) is 4.79 Å². The summed E-state index contributed by atoms with van der Waals surface area (Å²) in [5, 5.41) is 30.0.